The van der Waals surface area contributed by atoms with Crippen molar-refractivity contribution in [3.63, 3.8) is 0 Å². The molecule has 1 aliphatic carbocycles. The van der Waals surface area contributed by atoms with E-state index in [9.17, 15) is 0 Å². The lowest BCUT2D eigenvalue weighted by atomic mass is 9.82. The lowest BCUT2D eigenvalue weighted by molar-refractivity contribution is 0.361. The van der Waals surface area contributed by atoms with Crippen LogP contribution in [0, 0.1) is 0 Å². The molecule has 0 spiro atoms. The van der Waals surface area contributed by atoms with E-state index in [0.29, 0.717) is 34.7 Å². The highest BCUT2D eigenvalue weighted by atomic mass is 16.6. The maximum Gasteiger partial charge on any atom is 0.178 e. The number of benzene rings is 7. The summed E-state index contributed by atoms with van der Waals surface area (Å²) in [5.74, 6) is 4.69. The van der Waals surface area contributed by atoms with Crippen molar-refractivity contribution in [2.75, 3.05) is 0 Å². The largest absolute Gasteiger partial charge is 0.449 e. The van der Waals surface area contributed by atoms with Gasteiger partial charge in [-0.15, -0.1) is 0 Å². The number of nitrogens with zero attached hydrogens (tertiary/aromatic N) is 3. The van der Waals surface area contributed by atoms with Crippen molar-refractivity contribution in [1.82, 2.24) is 15.0 Å². The Labute approximate surface area is 295 Å². The van der Waals surface area contributed by atoms with Crippen LogP contribution in [-0.2, 0) is 5.41 Å². The van der Waals surface area contributed by atoms with Gasteiger partial charge in [-0.3, -0.25) is 0 Å². The Bertz CT molecular complexity index is 2680. The minimum Gasteiger partial charge on any atom is -0.449 e. The maximum atomic E-state index is 6.75. The van der Waals surface area contributed by atoms with Crippen molar-refractivity contribution in [3.8, 4) is 79.4 Å². The van der Waals surface area contributed by atoms with Crippen LogP contribution < -0.4 is 9.47 Å². The molecule has 0 saturated heterocycles. The molecule has 8 aromatic rings. The van der Waals surface area contributed by atoms with Gasteiger partial charge in [0.2, 0.25) is 0 Å². The zero-order valence-corrected chi connectivity index (χ0v) is 28.1. The van der Waals surface area contributed by atoms with Crippen LogP contribution in [0.2, 0.25) is 0 Å². The van der Waals surface area contributed by atoms with E-state index in [1.165, 1.54) is 16.7 Å². The van der Waals surface area contributed by atoms with Crippen LogP contribution in [0.1, 0.15) is 25.0 Å². The third-order valence-corrected chi connectivity index (χ3v) is 10.2. The minimum atomic E-state index is -0.129. The van der Waals surface area contributed by atoms with E-state index in [-0.39, 0.29) is 5.41 Å². The molecule has 1 aromatic heterocycles. The average Bonchev–Trinajstić information content (AvgIpc) is 3.43. The van der Waals surface area contributed by atoms with Crippen LogP contribution in [0.5, 0.6) is 23.0 Å². The van der Waals surface area contributed by atoms with Gasteiger partial charge in [0.25, 0.3) is 0 Å². The van der Waals surface area contributed by atoms with Crippen molar-refractivity contribution < 1.29 is 9.47 Å². The highest BCUT2D eigenvalue weighted by molar-refractivity contribution is 5.95. The molecule has 0 N–H and O–H groups in total. The van der Waals surface area contributed by atoms with E-state index < -0.39 is 0 Å². The number of hydrogen-bond acceptors (Lipinski definition) is 5. The Morgan fingerprint density at radius 1 is 0.431 bits per heavy atom. The first-order valence-corrected chi connectivity index (χ1v) is 17.2. The normalized spacial score (nSPS) is 13.4. The molecule has 0 fully saturated rings. The van der Waals surface area contributed by atoms with Crippen LogP contribution in [0.25, 0.3) is 67.2 Å². The summed E-state index contributed by atoms with van der Waals surface area (Å²) in [7, 11) is 0. The van der Waals surface area contributed by atoms with E-state index in [1.807, 2.05) is 72.8 Å². The fourth-order valence-electron chi connectivity index (χ4n) is 7.66. The Morgan fingerprint density at radius 2 is 1.04 bits per heavy atom. The molecule has 0 unspecified atom stereocenters. The number of fused-ring (bicyclic) bond motifs is 7. The zero-order chi connectivity index (χ0) is 34.1. The van der Waals surface area contributed by atoms with Crippen LogP contribution in [0.3, 0.4) is 0 Å². The van der Waals surface area contributed by atoms with Crippen molar-refractivity contribution in [3.05, 3.63) is 163 Å². The summed E-state index contributed by atoms with van der Waals surface area (Å²) >= 11 is 0. The molecule has 7 aromatic carbocycles. The summed E-state index contributed by atoms with van der Waals surface area (Å²) in [6.45, 7) is 4.54. The van der Waals surface area contributed by atoms with Crippen molar-refractivity contribution in [2.45, 2.75) is 19.3 Å². The average molecular weight is 658 g/mol. The molecule has 0 atom stereocenters. The first kappa shape index (κ1) is 29.3. The zero-order valence-electron chi connectivity index (χ0n) is 28.1. The SMILES string of the molecule is CC1(C)c2ccccc2-c2c1ccc1c2Oc2cccc(-c3cccc(-c4nc(-c5ccccc5)nc(-c5cccc6ccccc56)n4)c3)c2O1. The first-order valence-electron chi connectivity index (χ1n) is 17.2. The van der Waals surface area contributed by atoms with E-state index in [2.05, 4.69) is 92.7 Å². The Hall–Kier alpha value is -6.59. The molecule has 51 heavy (non-hydrogen) atoms. The molecular weight excluding hydrogens is 627 g/mol. The standard InChI is InChI=1S/C46H31N3O2/c1-46(2)36-23-9-8-20-35(36)40-37(46)25-26-39-42(40)51-38-24-12-21-33(41(38)50-39)30-17-10-18-31(27-30)44-47-43(29-14-4-3-5-15-29)48-45(49-44)34-22-11-16-28-13-6-7-19-32(28)34/h3-27H,1-2H3. The van der Waals surface area contributed by atoms with Gasteiger partial charge in [0.1, 0.15) is 0 Å². The predicted molar refractivity (Wildman–Crippen MR) is 203 cm³/mol. The van der Waals surface area contributed by atoms with E-state index in [4.69, 9.17) is 24.4 Å². The third kappa shape index (κ3) is 4.66. The topological polar surface area (TPSA) is 57.1 Å². The smallest absolute Gasteiger partial charge is 0.178 e. The monoisotopic (exact) mass is 657 g/mol. The van der Waals surface area contributed by atoms with Crippen LogP contribution >= 0.6 is 0 Å². The molecule has 10 rings (SSSR count). The predicted octanol–water partition coefficient (Wildman–Crippen LogP) is 11.9. The summed E-state index contributed by atoms with van der Waals surface area (Å²) < 4.78 is 13.5. The second-order valence-electron chi connectivity index (χ2n) is 13.6. The van der Waals surface area contributed by atoms with Gasteiger partial charge in [-0.05, 0) is 51.2 Å². The Morgan fingerprint density at radius 3 is 1.94 bits per heavy atom. The lowest BCUT2D eigenvalue weighted by Gasteiger charge is -2.26. The molecule has 2 aliphatic rings. The molecule has 0 amide bonds. The van der Waals surface area contributed by atoms with Crippen LogP contribution in [0.4, 0.5) is 0 Å². The maximum absolute atomic E-state index is 6.75. The Balaban J connectivity index is 1.08. The number of ether oxygens (including phenoxy) is 2. The van der Waals surface area contributed by atoms with Gasteiger partial charge in [0.05, 0.1) is 0 Å². The van der Waals surface area contributed by atoms with E-state index >= 15 is 0 Å². The van der Waals surface area contributed by atoms with Gasteiger partial charge in [-0.1, -0.05) is 147 Å². The summed E-state index contributed by atoms with van der Waals surface area (Å²) in [5.41, 5.74) is 9.37. The molecule has 5 heteroatoms. The van der Waals surface area contributed by atoms with E-state index in [0.717, 1.165) is 49.9 Å². The van der Waals surface area contributed by atoms with Gasteiger partial charge >= 0.3 is 0 Å². The van der Waals surface area contributed by atoms with Gasteiger partial charge in [-0.25, -0.2) is 15.0 Å². The van der Waals surface area contributed by atoms with Gasteiger partial charge in [0, 0.05) is 33.2 Å². The first-order chi connectivity index (χ1) is 25.0. The number of hydrogen-bond donors (Lipinski definition) is 0. The molecule has 1 aliphatic heterocycles. The highest BCUT2D eigenvalue weighted by Crippen LogP contribution is 2.59. The minimum absolute atomic E-state index is 0.129. The van der Waals surface area contributed by atoms with Gasteiger partial charge in [0.15, 0.2) is 40.5 Å². The summed E-state index contributed by atoms with van der Waals surface area (Å²) in [6, 6.07) is 51.8. The molecule has 0 bridgehead atoms. The van der Waals surface area contributed by atoms with Crippen molar-refractivity contribution in [2.24, 2.45) is 0 Å². The molecule has 2 heterocycles. The van der Waals surface area contributed by atoms with Crippen molar-refractivity contribution in [1.29, 1.82) is 0 Å². The number of rotatable bonds is 4. The summed E-state index contributed by atoms with van der Waals surface area (Å²) in [6.07, 6.45) is 0. The van der Waals surface area contributed by atoms with E-state index in [1.54, 1.807) is 0 Å². The second kappa shape index (κ2) is 11.2. The number of para-hydroxylation sites is 1. The quantitative estimate of drug-likeness (QED) is 0.188. The second-order valence-corrected chi connectivity index (χ2v) is 13.6. The molecule has 0 radical (unpaired) electrons. The van der Waals surface area contributed by atoms with Gasteiger partial charge < -0.3 is 9.47 Å². The lowest BCUT2D eigenvalue weighted by Crippen LogP contribution is -2.15. The highest BCUT2D eigenvalue weighted by Gasteiger charge is 2.39. The molecule has 0 saturated carbocycles. The van der Waals surface area contributed by atoms with Crippen LogP contribution in [0.15, 0.2) is 152 Å². The summed E-state index contributed by atoms with van der Waals surface area (Å²) in [5, 5.41) is 2.23. The summed E-state index contributed by atoms with van der Waals surface area (Å²) in [4.78, 5) is 15.1. The van der Waals surface area contributed by atoms with Crippen LogP contribution in [-0.4, -0.2) is 15.0 Å². The molecule has 5 nitrogen and oxygen atoms in total. The molecular formula is C46H31N3O2. The molecule has 242 valence electrons. The van der Waals surface area contributed by atoms with Gasteiger partial charge in [-0.2, -0.15) is 0 Å². The fraction of sp³-hybridized carbons (Fsp3) is 0.0652. The third-order valence-electron chi connectivity index (χ3n) is 10.2. The van der Waals surface area contributed by atoms with Crippen molar-refractivity contribution >= 4 is 10.8 Å². The number of aromatic nitrogens is 3. The Kier molecular flexibility index (Phi) is 6.46. The fourth-order valence-corrected chi connectivity index (χ4v) is 7.66.